The third kappa shape index (κ3) is 5.53. The van der Waals surface area contributed by atoms with E-state index in [0.717, 1.165) is 11.6 Å². The molecular weight excluding hydrogens is 431 g/mol. The van der Waals surface area contributed by atoms with E-state index >= 15 is 0 Å². The van der Waals surface area contributed by atoms with Gasteiger partial charge in [0.2, 0.25) is 9.84 Å². The van der Waals surface area contributed by atoms with Gasteiger partial charge in [-0.25, -0.2) is 17.6 Å². The number of benzene rings is 3. The molecular formula is C25H25FO5S. The summed E-state index contributed by atoms with van der Waals surface area (Å²) in [5.74, 6) is -1.04. The average molecular weight is 457 g/mol. The molecule has 3 rings (SSSR count). The molecule has 0 N–H and O–H groups in total. The lowest BCUT2D eigenvalue weighted by Crippen LogP contribution is -2.27. The van der Waals surface area contributed by atoms with E-state index in [1.807, 2.05) is 6.92 Å². The molecule has 3 aromatic rings. The van der Waals surface area contributed by atoms with Crippen molar-refractivity contribution in [1.29, 1.82) is 0 Å². The third-order valence-electron chi connectivity index (χ3n) is 4.49. The summed E-state index contributed by atoms with van der Waals surface area (Å²) in [5.41, 5.74) is 1.22. The van der Waals surface area contributed by atoms with Gasteiger partial charge in [-0.05, 0) is 69.7 Å². The van der Waals surface area contributed by atoms with Crippen molar-refractivity contribution in [2.45, 2.75) is 43.1 Å². The number of rotatable bonds is 6. The molecule has 0 aliphatic heterocycles. The Hall–Kier alpha value is -3.19. The van der Waals surface area contributed by atoms with Crippen LogP contribution in [0.1, 0.15) is 26.3 Å². The number of carbonyl (C=O) groups excluding carboxylic acids is 1. The molecule has 7 heteroatoms. The maximum atomic E-state index is 15.0. The predicted octanol–water partition coefficient (Wildman–Crippen LogP) is 5.35. The monoisotopic (exact) mass is 456 g/mol. The molecule has 5 nitrogen and oxygen atoms in total. The lowest BCUT2D eigenvalue weighted by molar-refractivity contribution is -0.157. The van der Waals surface area contributed by atoms with E-state index in [1.54, 1.807) is 57.2 Å². The first-order chi connectivity index (χ1) is 15.0. The topological polar surface area (TPSA) is 69.7 Å². The second-order valence-corrected chi connectivity index (χ2v) is 10.3. The Kier molecular flexibility index (Phi) is 6.69. The fourth-order valence-corrected chi connectivity index (χ4v) is 4.45. The van der Waals surface area contributed by atoms with Crippen molar-refractivity contribution in [2.75, 3.05) is 6.61 Å². The number of halogens is 1. The molecule has 0 spiro atoms. The average Bonchev–Trinajstić information content (AvgIpc) is 2.72. The number of ether oxygens (including phenoxy) is 2. The highest BCUT2D eigenvalue weighted by Gasteiger charge is 2.23. The summed E-state index contributed by atoms with van der Waals surface area (Å²) in [6.45, 7) is 6.84. The maximum absolute atomic E-state index is 15.0. The summed E-state index contributed by atoms with van der Waals surface area (Å²) in [6, 6.07) is 16.9. The molecule has 168 valence electrons. The summed E-state index contributed by atoms with van der Waals surface area (Å²) in [4.78, 5) is 11.6. The van der Waals surface area contributed by atoms with Gasteiger partial charge in [0.25, 0.3) is 0 Å². The van der Waals surface area contributed by atoms with Crippen molar-refractivity contribution >= 4 is 15.8 Å². The van der Waals surface area contributed by atoms with Gasteiger partial charge < -0.3 is 9.47 Å². The van der Waals surface area contributed by atoms with E-state index in [4.69, 9.17) is 9.47 Å². The normalized spacial score (nSPS) is 11.8. The van der Waals surface area contributed by atoms with Gasteiger partial charge in [-0.1, -0.05) is 35.9 Å². The number of esters is 1. The van der Waals surface area contributed by atoms with Crippen LogP contribution in [-0.4, -0.2) is 26.6 Å². The van der Waals surface area contributed by atoms with Crippen LogP contribution in [0.4, 0.5) is 4.39 Å². The van der Waals surface area contributed by atoms with Gasteiger partial charge >= 0.3 is 5.97 Å². The van der Waals surface area contributed by atoms with Crippen molar-refractivity contribution < 1.29 is 27.1 Å². The predicted molar refractivity (Wildman–Crippen MR) is 120 cm³/mol. The standard InChI is InChI=1S/C25H25FO5S/c1-17-10-12-22(30-16-24(27)31-25(2,3)4)20(14-17)18-11-13-23(21(26)15-18)32(28,29)19-8-6-5-7-9-19/h5-15H,16H2,1-4H3. The smallest absolute Gasteiger partial charge is 0.344 e. The zero-order valence-corrected chi connectivity index (χ0v) is 19.2. The highest BCUT2D eigenvalue weighted by molar-refractivity contribution is 7.91. The lowest BCUT2D eigenvalue weighted by Gasteiger charge is -2.20. The van der Waals surface area contributed by atoms with Crippen molar-refractivity contribution in [3.63, 3.8) is 0 Å². The number of sulfone groups is 1. The lowest BCUT2D eigenvalue weighted by atomic mass is 10.0. The van der Waals surface area contributed by atoms with Gasteiger partial charge in [-0.2, -0.15) is 0 Å². The van der Waals surface area contributed by atoms with Gasteiger partial charge in [-0.15, -0.1) is 0 Å². The van der Waals surface area contributed by atoms with Crippen LogP contribution in [0.2, 0.25) is 0 Å². The van der Waals surface area contributed by atoms with Crippen LogP contribution in [0.3, 0.4) is 0 Å². The summed E-state index contributed by atoms with van der Waals surface area (Å²) in [7, 11) is -3.99. The zero-order valence-electron chi connectivity index (χ0n) is 18.4. The fraction of sp³-hybridized carbons (Fsp3) is 0.240. The molecule has 32 heavy (non-hydrogen) atoms. The third-order valence-corrected chi connectivity index (χ3v) is 6.29. The van der Waals surface area contributed by atoms with Crippen LogP contribution in [0.15, 0.2) is 76.5 Å². The van der Waals surface area contributed by atoms with Crippen LogP contribution in [0, 0.1) is 12.7 Å². The molecule has 0 heterocycles. The molecule has 0 saturated heterocycles. The molecule has 0 saturated carbocycles. The van der Waals surface area contributed by atoms with Gasteiger partial charge in [0.1, 0.15) is 22.1 Å². The Bertz CT molecular complexity index is 1230. The Morgan fingerprint density at radius 1 is 0.969 bits per heavy atom. The van der Waals surface area contributed by atoms with E-state index in [0.29, 0.717) is 16.9 Å². The minimum atomic E-state index is -3.99. The SMILES string of the molecule is Cc1ccc(OCC(=O)OC(C)(C)C)c(-c2ccc(S(=O)(=O)c3ccccc3)c(F)c2)c1. The summed E-state index contributed by atoms with van der Waals surface area (Å²) < 4.78 is 51.5. The number of carbonyl (C=O) groups is 1. The Morgan fingerprint density at radius 2 is 1.66 bits per heavy atom. The van der Waals surface area contributed by atoms with Crippen molar-refractivity contribution in [3.05, 3.63) is 78.1 Å². The first-order valence-electron chi connectivity index (χ1n) is 10.0. The Labute approximate surface area is 187 Å². The second kappa shape index (κ2) is 9.12. The molecule has 0 unspecified atom stereocenters. The van der Waals surface area contributed by atoms with Crippen molar-refractivity contribution in [3.8, 4) is 16.9 Å². The van der Waals surface area contributed by atoms with Crippen LogP contribution >= 0.6 is 0 Å². The summed E-state index contributed by atoms with van der Waals surface area (Å²) in [5, 5.41) is 0. The number of aryl methyl sites for hydroxylation is 1. The first-order valence-corrected chi connectivity index (χ1v) is 11.5. The van der Waals surface area contributed by atoms with Crippen LogP contribution in [0.5, 0.6) is 5.75 Å². The van der Waals surface area contributed by atoms with Crippen LogP contribution < -0.4 is 4.74 Å². The van der Waals surface area contributed by atoms with Gasteiger partial charge in [0.15, 0.2) is 6.61 Å². The van der Waals surface area contributed by atoms with Crippen molar-refractivity contribution in [2.24, 2.45) is 0 Å². The molecule has 0 aliphatic carbocycles. The second-order valence-electron chi connectivity index (χ2n) is 8.34. The fourth-order valence-electron chi connectivity index (χ4n) is 3.12. The van der Waals surface area contributed by atoms with E-state index in [-0.39, 0.29) is 11.5 Å². The van der Waals surface area contributed by atoms with E-state index in [9.17, 15) is 17.6 Å². The molecule has 0 atom stereocenters. The Balaban J connectivity index is 1.93. The summed E-state index contributed by atoms with van der Waals surface area (Å²) in [6.07, 6.45) is 0. The molecule has 3 aromatic carbocycles. The van der Waals surface area contributed by atoms with Gasteiger partial charge in [-0.3, -0.25) is 0 Å². The minimum Gasteiger partial charge on any atom is -0.481 e. The van der Waals surface area contributed by atoms with E-state index in [1.165, 1.54) is 24.3 Å². The molecule has 0 amide bonds. The largest absolute Gasteiger partial charge is 0.481 e. The first kappa shape index (κ1) is 23.5. The Morgan fingerprint density at radius 3 is 2.28 bits per heavy atom. The van der Waals surface area contributed by atoms with Gasteiger partial charge in [0, 0.05) is 5.56 Å². The highest BCUT2D eigenvalue weighted by Crippen LogP contribution is 2.34. The zero-order chi connectivity index (χ0) is 23.5. The number of hydrogen-bond donors (Lipinski definition) is 0. The van der Waals surface area contributed by atoms with Crippen LogP contribution in [0.25, 0.3) is 11.1 Å². The van der Waals surface area contributed by atoms with Gasteiger partial charge in [0.05, 0.1) is 4.90 Å². The quantitative estimate of drug-likeness (QED) is 0.468. The molecule has 0 fully saturated rings. The van der Waals surface area contributed by atoms with E-state index < -0.39 is 32.1 Å². The molecule has 0 radical (unpaired) electrons. The van der Waals surface area contributed by atoms with Crippen molar-refractivity contribution in [1.82, 2.24) is 0 Å². The minimum absolute atomic E-state index is 0.0172. The van der Waals surface area contributed by atoms with Crippen LogP contribution in [-0.2, 0) is 19.4 Å². The molecule has 0 bridgehead atoms. The molecule has 0 aliphatic rings. The highest BCUT2D eigenvalue weighted by atomic mass is 32.2. The number of hydrogen-bond acceptors (Lipinski definition) is 5. The van der Waals surface area contributed by atoms with E-state index in [2.05, 4.69) is 0 Å². The maximum Gasteiger partial charge on any atom is 0.344 e. The molecule has 0 aromatic heterocycles. The summed E-state index contributed by atoms with van der Waals surface area (Å²) >= 11 is 0.